The minimum atomic E-state index is -1.62. The molecule has 0 spiro atoms. The van der Waals surface area contributed by atoms with Gasteiger partial charge < -0.3 is 15.3 Å². The molecule has 0 unspecified atom stereocenters. The normalized spacial score (nSPS) is 14.3. The molecule has 0 aliphatic heterocycles. The van der Waals surface area contributed by atoms with Crippen molar-refractivity contribution in [2.45, 2.75) is 12.5 Å². The van der Waals surface area contributed by atoms with Gasteiger partial charge in [-0.05, 0) is 12.0 Å². The van der Waals surface area contributed by atoms with Crippen LogP contribution in [0.25, 0.3) is 0 Å². The number of carboxylic acid groups (broad SMARTS) is 2. The summed E-state index contributed by atoms with van der Waals surface area (Å²) in [5.41, 5.74) is 0.831. The van der Waals surface area contributed by atoms with E-state index in [2.05, 4.69) is 0 Å². The largest absolute Gasteiger partial charge is 0.479 e. The molecular weight excluding hydrogens is 236 g/mol. The van der Waals surface area contributed by atoms with E-state index >= 15 is 0 Å². The lowest BCUT2D eigenvalue weighted by molar-refractivity contribution is -0.148. The Morgan fingerprint density at radius 3 is 2.28 bits per heavy atom. The van der Waals surface area contributed by atoms with E-state index in [-0.39, 0.29) is 6.42 Å². The van der Waals surface area contributed by atoms with Gasteiger partial charge in [0, 0.05) is 12.0 Å². The molecule has 0 saturated heterocycles. The molecule has 3 N–H and O–H groups in total. The molecule has 0 aliphatic rings. The van der Waals surface area contributed by atoms with E-state index < -0.39 is 24.0 Å². The number of hydrogen-bond donors (Lipinski definition) is 3. The van der Waals surface area contributed by atoms with Crippen LogP contribution in [0.1, 0.15) is 5.56 Å². The van der Waals surface area contributed by atoms with Gasteiger partial charge in [-0.25, -0.2) is 9.59 Å². The van der Waals surface area contributed by atoms with Gasteiger partial charge in [0.2, 0.25) is 0 Å². The third-order valence-electron chi connectivity index (χ3n) is 2.46. The molecule has 0 aromatic heterocycles. The molecule has 0 bridgehead atoms. The Labute approximate surface area is 104 Å². The second kappa shape index (κ2) is 6.56. The van der Waals surface area contributed by atoms with Crippen molar-refractivity contribution in [2.24, 2.45) is 5.92 Å². The van der Waals surface area contributed by atoms with Gasteiger partial charge in [-0.2, -0.15) is 0 Å². The second-order valence-corrected chi connectivity index (χ2v) is 3.83. The molecule has 18 heavy (non-hydrogen) atoms. The molecule has 1 rings (SSSR count). The first-order valence-corrected chi connectivity index (χ1v) is 5.36. The van der Waals surface area contributed by atoms with Crippen LogP contribution in [0, 0.1) is 5.92 Å². The molecule has 96 valence electrons. The zero-order valence-corrected chi connectivity index (χ0v) is 9.56. The molecular formula is C13H14O5. The number of aliphatic hydroxyl groups is 1. The fourth-order valence-electron chi connectivity index (χ4n) is 1.56. The van der Waals surface area contributed by atoms with Crippen molar-refractivity contribution in [1.29, 1.82) is 0 Å². The molecule has 1 aromatic carbocycles. The van der Waals surface area contributed by atoms with Gasteiger partial charge in [-0.1, -0.05) is 36.4 Å². The summed E-state index contributed by atoms with van der Waals surface area (Å²) in [6.45, 7) is 0. The van der Waals surface area contributed by atoms with Crippen LogP contribution in [0.15, 0.2) is 42.5 Å². The average molecular weight is 250 g/mol. The van der Waals surface area contributed by atoms with Crippen molar-refractivity contribution >= 4 is 11.9 Å². The number of carbonyl (C=O) groups is 2. The summed E-state index contributed by atoms with van der Waals surface area (Å²) >= 11 is 0. The summed E-state index contributed by atoms with van der Waals surface area (Å²) in [6.07, 6.45) is 0.687. The highest BCUT2D eigenvalue weighted by Crippen LogP contribution is 2.14. The van der Waals surface area contributed by atoms with Crippen LogP contribution < -0.4 is 0 Å². The van der Waals surface area contributed by atoms with Crippen molar-refractivity contribution in [3.05, 3.63) is 48.0 Å². The highest BCUT2D eigenvalue weighted by atomic mass is 16.4. The lowest BCUT2D eigenvalue weighted by atomic mass is 9.93. The zero-order chi connectivity index (χ0) is 13.5. The predicted octanol–water partition coefficient (Wildman–Crippen LogP) is 0.932. The van der Waals surface area contributed by atoms with Gasteiger partial charge in [-0.15, -0.1) is 0 Å². The van der Waals surface area contributed by atoms with Crippen molar-refractivity contribution in [2.75, 3.05) is 0 Å². The number of aliphatic carboxylic acids is 2. The lowest BCUT2D eigenvalue weighted by Crippen LogP contribution is -2.29. The van der Waals surface area contributed by atoms with Gasteiger partial charge in [0.1, 0.15) is 0 Å². The molecule has 2 atom stereocenters. The smallest absolute Gasteiger partial charge is 0.333 e. The fourth-order valence-corrected chi connectivity index (χ4v) is 1.56. The van der Waals surface area contributed by atoms with Crippen LogP contribution in [0.2, 0.25) is 0 Å². The first-order valence-electron chi connectivity index (χ1n) is 5.36. The molecule has 0 heterocycles. The topological polar surface area (TPSA) is 94.8 Å². The number of hydrogen-bond acceptors (Lipinski definition) is 3. The third-order valence-corrected chi connectivity index (χ3v) is 2.46. The van der Waals surface area contributed by atoms with Crippen molar-refractivity contribution in [1.82, 2.24) is 0 Å². The van der Waals surface area contributed by atoms with Gasteiger partial charge in [0.15, 0.2) is 6.10 Å². The van der Waals surface area contributed by atoms with Crippen LogP contribution in [0.3, 0.4) is 0 Å². The fraction of sp³-hybridized carbons (Fsp3) is 0.231. The van der Waals surface area contributed by atoms with E-state index in [1.54, 1.807) is 24.3 Å². The Kier molecular flexibility index (Phi) is 5.07. The number of aliphatic hydroxyl groups excluding tert-OH is 1. The van der Waals surface area contributed by atoms with E-state index in [0.717, 1.165) is 11.6 Å². The molecule has 0 aliphatic carbocycles. The van der Waals surface area contributed by atoms with Crippen LogP contribution in [-0.4, -0.2) is 33.4 Å². The minimum Gasteiger partial charge on any atom is -0.479 e. The Bertz CT molecular complexity index is 438. The molecule has 5 nitrogen and oxygen atoms in total. The van der Waals surface area contributed by atoms with E-state index in [9.17, 15) is 14.7 Å². The maximum atomic E-state index is 10.7. The SMILES string of the molecule is O=C(O)C=C[C@H](Cc1ccccc1)[C@@H](O)C(=O)O. The summed E-state index contributed by atoms with van der Waals surface area (Å²) in [5.74, 6) is -3.32. The molecule has 0 fully saturated rings. The summed E-state index contributed by atoms with van der Waals surface area (Å²) < 4.78 is 0. The maximum absolute atomic E-state index is 10.7. The first-order chi connectivity index (χ1) is 8.50. The molecule has 1 aromatic rings. The van der Waals surface area contributed by atoms with E-state index in [0.29, 0.717) is 0 Å². The molecule has 0 radical (unpaired) electrons. The lowest BCUT2D eigenvalue weighted by Gasteiger charge is -2.16. The van der Waals surface area contributed by atoms with Crippen molar-refractivity contribution in [3.8, 4) is 0 Å². The highest BCUT2D eigenvalue weighted by molar-refractivity contribution is 5.80. The molecule has 0 saturated carbocycles. The van der Waals surface area contributed by atoms with Gasteiger partial charge in [0.25, 0.3) is 0 Å². The summed E-state index contributed by atoms with van der Waals surface area (Å²) in [4.78, 5) is 21.2. The van der Waals surface area contributed by atoms with Crippen molar-refractivity contribution in [3.63, 3.8) is 0 Å². The summed E-state index contributed by atoms with van der Waals surface area (Å²) in [5, 5.41) is 26.8. The van der Waals surface area contributed by atoms with Gasteiger partial charge in [0.05, 0.1) is 0 Å². The van der Waals surface area contributed by atoms with Gasteiger partial charge >= 0.3 is 11.9 Å². The van der Waals surface area contributed by atoms with Crippen LogP contribution in [0.4, 0.5) is 0 Å². The Morgan fingerprint density at radius 1 is 1.17 bits per heavy atom. The van der Waals surface area contributed by atoms with E-state index in [4.69, 9.17) is 10.2 Å². The molecule has 0 amide bonds. The highest BCUT2D eigenvalue weighted by Gasteiger charge is 2.23. The predicted molar refractivity (Wildman–Crippen MR) is 64.1 cm³/mol. The van der Waals surface area contributed by atoms with Crippen LogP contribution >= 0.6 is 0 Å². The Hall–Kier alpha value is -2.14. The van der Waals surface area contributed by atoms with E-state index in [1.165, 1.54) is 6.08 Å². The van der Waals surface area contributed by atoms with Gasteiger partial charge in [-0.3, -0.25) is 0 Å². The zero-order valence-electron chi connectivity index (χ0n) is 9.56. The first kappa shape index (κ1) is 13.9. The third kappa shape index (κ3) is 4.39. The Morgan fingerprint density at radius 2 is 1.78 bits per heavy atom. The van der Waals surface area contributed by atoms with Crippen molar-refractivity contribution < 1.29 is 24.9 Å². The van der Waals surface area contributed by atoms with E-state index in [1.807, 2.05) is 6.07 Å². The summed E-state index contributed by atoms with van der Waals surface area (Å²) in [7, 11) is 0. The second-order valence-electron chi connectivity index (χ2n) is 3.83. The quantitative estimate of drug-likeness (QED) is 0.653. The maximum Gasteiger partial charge on any atom is 0.333 e. The van der Waals surface area contributed by atoms with Crippen LogP contribution in [0.5, 0.6) is 0 Å². The average Bonchev–Trinajstić information content (AvgIpc) is 2.34. The number of carboxylic acids is 2. The molecule has 5 heteroatoms. The Balaban J connectivity index is 2.84. The standard InChI is InChI=1S/C13H14O5/c14-11(15)7-6-10(12(16)13(17)18)8-9-4-2-1-3-5-9/h1-7,10,12,16H,8H2,(H,14,15)(H,17,18)/t10-,12-/m1/s1. The number of benzene rings is 1. The van der Waals surface area contributed by atoms with Crippen LogP contribution in [-0.2, 0) is 16.0 Å². The summed E-state index contributed by atoms with van der Waals surface area (Å²) in [6, 6.07) is 8.98. The number of rotatable bonds is 6. The monoisotopic (exact) mass is 250 g/mol. The minimum absolute atomic E-state index is 0.262.